The van der Waals surface area contributed by atoms with Crippen molar-refractivity contribution in [2.75, 3.05) is 0 Å². The Morgan fingerprint density at radius 3 is 1.94 bits per heavy atom. The molecule has 0 nitrogen and oxygen atoms in total. The Labute approximate surface area is 374 Å². The highest BCUT2D eigenvalue weighted by atomic mass is 14.5. The second-order valence-electron chi connectivity index (χ2n) is 19.1. The molecule has 3 atom stereocenters. The zero-order valence-electron chi connectivity index (χ0n) is 35.7. The Hall–Kier alpha value is -7.28. The highest BCUT2D eigenvalue weighted by Gasteiger charge is 2.44. The van der Waals surface area contributed by atoms with Gasteiger partial charge in [-0.15, -0.1) is 0 Å². The second-order valence-corrected chi connectivity index (χ2v) is 19.1. The summed E-state index contributed by atoms with van der Waals surface area (Å²) in [5, 5.41) is 5.61. The molecular weight excluding hydrogens is 769 g/mol. The molecule has 0 saturated heterocycles. The lowest BCUT2D eigenvalue weighted by Gasteiger charge is -2.40. The van der Waals surface area contributed by atoms with Crippen LogP contribution < -0.4 is 10.4 Å². The number of rotatable bonds is 4. The zero-order chi connectivity index (χ0) is 41.6. The Morgan fingerprint density at radius 2 is 1.19 bits per heavy atom. The normalized spacial score (nSPS) is 21.1. The first kappa shape index (κ1) is 35.2. The van der Waals surface area contributed by atoms with Gasteiger partial charge in [-0.25, -0.2) is 0 Å². The van der Waals surface area contributed by atoms with E-state index in [1.54, 1.807) is 16.7 Å². The van der Waals surface area contributed by atoms with E-state index in [1.165, 1.54) is 128 Å². The monoisotopic (exact) mass is 812 g/mol. The van der Waals surface area contributed by atoms with Crippen molar-refractivity contribution in [1.29, 1.82) is 0 Å². The fraction of sp³-hybridized carbons (Fsp3) is 0.125. The lowest BCUT2D eigenvalue weighted by atomic mass is 9.64. The molecule has 8 aliphatic carbocycles. The van der Waals surface area contributed by atoms with Crippen LogP contribution in [0, 0.1) is 17.8 Å². The summed E-state index contributed by atoms with van der Waals surface area (Å²) in [6.45, 7) is 0. The van der Waals surface area contributed by atoms with Crippen molar-refractivity contribution in [2.24, 2.45) is 17.8 Å². The third kappa shape index (κ3) is 4.68. The molecule has 0 spiro atoms. The molecule has 0 heterocycles. The molecule has 7 aromatic rings. The third-order valence-corrected chi connectivity index (χ3v) is 16.1. The van der Waals surface area contributed by atoms with Gasteiger partial charge >= 0.3 is 0 Å². The van der Waals surface area contributed by atoms with Crippen LogP contribution in [-0.4, -0.2) is 0 Å². The molecule has 0 bridgehead atoms. The maximum absolute atomic E-state index is 2.68. The van der Waals surface area contributed by atoms with E-state index in [9.17, 15) is 0 Å². The van der Waals surface area contributed by atoms with Gasteiger partial charge in [0.15, 0.2) is 0 Å². The molecule has 300 valence electrons. The highest BCUT2D eigenvalue weighted by Crippen LogP contribution is 2.62. The van der Waals surface area contributed by atoms with Gasteiger partial charge in [0.2, 0.25) is 0 Å². The molecule has 0 heteroatoms. The minimum absolute atomic E-state index is 0.415. The van der Waals surface area contributed by atoms with Crippen molar-refractivity contribution >= 4 is 33.1 Å². The third-order valence-electron chi connectivity index (χ3n) is 16.1. The van der Waals surface area contributed by atoms with Gasteiger partial charge in [-0.05, 0) is 194 Å². The van der Waals surface area contributed by atoms with E-state index in [-0.39, 0.29) is 0 Å². The van der Waals surface area contributed by atoms with Crippen LogP contribution in [0.5, 0.6) is 0 Å². The van der Waals surface area contributed by atoms with Gasteiger partial charge in [0.05, 0.1) is 0 Å². The predicted molar refractivity (Wildman–Crippen MR) is 267 cm³/mol. The number of fused-ring (bicyclic) bond motifs is 8. The summed E-state index contributed by atoms with van der Waals surface area (Å²) in [6.07, 6.45) is 25.1. The minimum atomic E-state index is 0.415. The van der Waals surface area contributed by atoms with Crippen LogP contribution in [0.3, 0.4) is 0 Å². The summed E-state index contributed by atoms with van der Waals surface area (Å²) in [4.78, 5) is 0. The van der Waals surface area contributed by atoms with Gasteiger partial charge in [-0.2, -0.15) is 0 Å². The van der Waals surface area contributed by atoms with Gasteiger partial charge in [-0.3, -0.25) is 0 Å². The summed E-state index contributed by atoms with van der Waals surface area (Å²) in [7, 11) is 0. The van der Waals surface area contributed by atoms with Crippen molar-refractivity contribution < 1.29 is 0 Å². The number of benzene rings is 7. The molecule has 0 fully saturated rings. The van der Waals surface area contributed by atoms with Crippen molar-refractivity contribution in [3.8, 4) is 55.6 Å². The Morgan fingerprint density at radius 1 is 0.516 bits per heavy atom. The lowest BCUT2D eigenvalue weighted by molar-refractivity contribution is 0.591. The van der Waals surface area contributed by atoms with Gasteiger partial charge in [0, 0.05) is 11.8 Å². The van der Waals surface area contributed by atoms with E-state index >= 15 is 0 Å². The standard InChI is InChI=1S/C64H44/c1-3-15-37(16-4-1)43-22-9-11-25-47(43)61-55-36-52-51(49-32-31-40-30-29-39-20-13-21-42-34-53(52)60(49)58(40)57(39)42)35-54(55)62(48-26-12-10-23-44(48)38-17-5-2-6-18-38)64-56-33-41-19-7-8-24-45(41)46-27-14-28-50(59(46)56)63(61)64/h1-6,8-18,20-30,34-36,39,41,57H,7,19,31-33H2. The molecule has 8 aliphatic rings. The van der Waals surface area contributed by atoms with Gasteiger partial charge < -0.3 is 0 Å². The molecule has 64 heavy (non-hydrogen) atoms. The van der Waals surface area contributed by atoms with Gasteiger partial charge in [0.1, 0.15) is 0 Å². The second kappa shape index (κ2) is 13.1. The molecule has 3 unspecified atom stereocenters. The molecule has 0 saturated carbocycles. The molecule has 7 aromatic carbocycles. The first-order valence-corrected chi connectivity index (χ1v) is 23.6. The topological polar surface area (TPSA) is 0 Å². The van der Waals surface area contributed by atoms with E-state index in [2.05, 4.69) is 188 Å². The molecule has 0 aromatic heterocycles. The molecule has 0 N–H and O–H groups in total. The zero-order valence-corrected chi connectivity index (χ0v) is 35.7. The molecular formula is C64H44. The molecule has 0 aliphatic heterocycles. The lowest BCUT2D eigenvalue weighted by Crippen LogP contribution is -2.35. The Bertz CT molecular complexity index is 3660. The highest BCUT2D eigenvalue weighted by molar-refractivity contribution is 6.22. The summed E-state index contributed by atoms with van der Waals surface area (Å²) < 4.78 is 0. The van der Waals surface area contributed by atoms with Crippen LogP contribution in [0.4, 0.5) is 0 Å². The van der Waals surface area contributed by atoms with Crippen molar-refractivity contribution in [3.05, 3.63) is 238 Å². The fourth-order valence-corrected chi connectivity index (χ4v) is 13.5. The minimum Gasteiger partial charge on any atom is -0.0842 e. The summed E-state index contributed by atoms with van der Waals surface area (Å²) in [6, 6.07) is 53.4. The van der Waals surface area contributed by atoms with Gasteiger partial charge in [-0.1, -0.05) is 170 Å². The first-order valence-electron chi connectivity index (χ1n) is 23.6. The van der Waals surface area contributed by atoms with Gasteiger partial charge in [0.25, 0.3) is 0 Å². The summed E-state index contributed by atoms with van der Waals surface area (Å²) in [5.41, 5.74) is 29.8. The smallest absolute Gasteiger partial charge is 0.0196 e. The summed E-state index contributed by atoms with van der Waals surface area (Å²) in [5.74, 6) is 1.35. The number of hydrogen-bond acceptors (Lipinski definition) is 0. The molecule has 0 radical (unpaired) electrons. The van der Waals surface area contributed by atoms with E-state index in [1.807, 2.05) is 0 Å². The SMILES string of the molecule is C1=CC2C=CC3=C4C5=C(CC3)c3cc6c(-c7ccccc7-c7ccccc7)c7c(c(-c8ccccc8-c8ccccc8)c6cc3C5=CC(=C1)C42)-c1cccc2c1=C7CC1CCC=CC=21. The summed E-state index contributed by atoms with van der Waals surface area (Å²) >= 11 is 0. The largest absolute Gasteiger partial charge is 0.0842 e. The first-order chi connectivity index (χ1) is 31.8. The number of allylic oxidation sites excluding steroid dienone is 14. The molecule has 0 amide bonds. The van der Waals surface area contributed by atoms with E-state index in [0.717, 1.165) is 25.7 Å². The van der Waals surface area contributed by atoms with E-state index in [4.69, 9.17) is 0 Å². The quantitative estimate of drug-likeness (QED) is 0.166. The maximum atomic E-state index is 2.68. The molecule has 15 rings (SSSR count). The fourth-order valence-electron chi connectivity index (χ4n) is 13.5. The van der Waals surface area contributed by atoms with Crippen molar-refractivity contribution in [3.63, 3.8) is 0 Å². The van der Waals surface area contributed by atoms with Crippen LogP contribution >= 0.6 is 0 Å². The van der Waals surface area contributed by atoms with Crippen LogP contribution in [0.2, 0.25) is 0 Å². The predicted octanol–water partition coefficient (Wildman–Crippen LogP) is 14.8. The van der Waals surface area contributed by atoms with E-state index in [0.29, 0.717) is 17.8 Å². The van der Waals surface area contributed by atoms with Crippen molar-refractivity contribution in [2.45, 2.75) is 32.1 Å². The van der Waals surface area contributed by atoms with Crippen LogP contribution in [-0.2, 0) is 0 Å². The Kier molecular flexibility index (Phi) is 7.22. The average molecular weight is 813 g/mol. The van der Waals surface area contributed by atoms with Crippen LogP contribution in [0.15, 0.2) is 210 Å². The maximum Gasteiger partial charge on any atom is 0.0196 e. The van der Waals surface area contributed by atoms with Crippen LogP contribution in [0.25, 0.3) is 88.7 Å². The van der Waals surface area contributed by atoms with Crippen LogP contribution in [0.1, 0.15) is 48.8 Å². The average Bonchev–Trinajstić information content (AvgIpc) is 3.85. The van der Waals surface area contributed by atoms with Crippen molar-refractivity contribution in [1.82, 2.24) is 0 Å². The number of hydrogen-bond donors (Lipinski definition) is 0. The van der Waals surface area contributed by atoms with E-state index < -0.39 is 0 Å². The Balaban J connectivity index is 1.15.